The van der Waals surface area contributed by atoms with E-state index in [9.17, 15) is 9.59 Å². The summed E-state index contributed by atoms with van der Waals surface area (Å²) in [5.41, 5.74) is 5.40. The molecule has 0 aliphatic carbocycles. The Kier molecular flexibility index (Phi) is 5.82. The van der Waals surface area contributed by atoms with E-state index < -0.39 is 24.0 Å². The molecule has 0 bridgehead atoms. The van der Waals surface area contributed by atoms with Crippen LogP contribution in [0.3, 0.4) is 0 Å². The molecule has 0 aromatic carbocycles. The normalized spacial score (nSPS) is 14.5. The highest BCUT2D eigenvalue weighted by molar-refractivity contribution is 5.86. The van der Waals surface area contributed by atoms with E-state index in [1.807, 2.05) is 0 Å². The maximum absolute atomic E-state index is 11.2. The number of carboxylic acid groups (broad SMARTS) is 1. The van der Waals surface area contributed by atoms with Crippen molar-refractivity contribution in [2.24, 2.45) is 5.73 Å². The van der Waals surface area contributed by atoms with Crippen molar-refractivity contribution < 1.29 is 19.4 Å². The van der Waals surface area contributed by atoms with E-state index in [0.29, 0.717) is 6.42 Å². The highest BCUT2D eigenvalue weighted by Crippen LogP contribution is 1.92. The summed E-state index contributed by atoms with van der Waals surface area (Å²) in [5, 5.41) is 11.0. The topological polar surface area (TPSA) is 102 Å². The first-order chi connectivity index (χ1) is 6.52. The molecule has 82 valence electrons. The van der Waals surface area contributed by atoms with Crippen LogP contribution in [0.5, 0.6) is 0 Å². The van der Waals surface area contributed by atoms with Crippen molar-refractivity contribution in [1.29, 1.82) is 0 Å². The quantitative estimate of drug-likeness (QED) is 0.512. The van der Waals surface area contributed by atoms with Gasteiger partial charge in [-0.2, -0.15) is 0 Å². The number of hydrogen-bond acceptors (Lipinski definition) is 4. The second kappa shape index (κ2) is 6.33. The minimum Gasteiger partial charge on any atom is -0.480 e. The SMILES string of the molecule is CCC(NC(=O)C(N)COC)C(=O)O. The Morgan fingerprint density at radius 2 is 2.14 bits per heavy atom. The molecule has 0 aliphatic heterocycles. The number of hydrogen-bond donors (Lipinski definition) is 3. The first kappa shape index (κ1) is 12.9. The third kappa shape index (κ3) is 4.20. The number of carbonyl (C=O) groups is 2. The minimum atomic E-state index is -1.06. The first-order valence-electron chi connectivity index (χ1n) is 4.30. The Morgan fingerprint density at radius 3 is 2.50 bits per heavy atom. The number of amides is 1. The fraction of sp³-hybridized carbons (Fsp3) is 0.750. The van der Waals surface area contributed by atoms with Crippen molar-refractivity contribution in [2.75, 3.05) is 13.7 Å². The minimum absolute atomic E-state index is 0.0713. The number of nitrogens with two attached hydrogens (primary N) is 1. The standard InChI is InChI=1S/C8H16N2O4/c1-3-6(8(12)13)10-7(11)5(9)4-14-2/h5-6H,3-4,9H2,1-2H3,(H,10,11)(H,12,13). The molecule has 0 saturated carbocycles. The molecule has 0 fully saturated rings. The number of carboxylic acids is 1. The molecule has 0 aliphatic rings. The highest BCUT2D eigenvalue weighted by atomic mass is 16.5. The largest absolute Gasteiger partial charge is 0.480 e. The molecule has 14 heavy (non-hydrogen) atoms. The average Bonchev–Trinajstić information content (AvgIpc) is 2.13. The summed E-state index contributed by atoms with van der Waals surface area (Å²) in [5.74, 6) is -1.58. The molecule has 0 rings (SSSR count). The summed E-state index contributed by atoms with van der Waals surface area (Å²) in [7, 11) is 1.42. The zero-order chi connectivity index (χ0) is 11.1. The number of ether oxygens (including phenoxy) is 1. The Bertz CT molecular complexity index is 208. The van der Waals surface area contributed by atoms with Gasteiger partial charge < -0.3 is 20.9 Å². The van der Waals surface area contributed by atoms with Crippen LogP contribution in [-0.4, -0.2) is 42.8 Å². The van der Waals surface area contributed by atoms with Gasteiger partial charge in [0.1, 0.15) is 12.1 Å². The molecule has 6 heteroatoms. The number of methoxy groups -OCH3 is 1. The van der Waals surface area contributed by atoms with Gasteiger partial charge in [-0.15, -0.1) is 0 Å². The molecule has 0 spiro atoms. The zero-order valence-corrected chi connectivity index (χ0v) is 8.32. The van der Waals surface area contributed by atoms with E-state index in [2.05, 4.69) is 10.1 Å². The molecule has 0 aromatic heterocycles. The van der Waals surface area contributed by atoms with Crippen LogP contribution in [0.2, 0.25) is 0 Å². The molecule has 0 aromatic rings. The Morgan fingerprint density at radius 1 is 1.57 bits per heavy atom. The molecule has 1 amide bonds. The van der Waals surface area contributed by atoms with Gasteiger partial charge in [-0.3, -0.25) is 4.79 Å². The van der Waals surface area contributed by atoms with Crippen molar-refractivity contribution in [3.05, 3.63) is 0 Å². The molecular weight excluding hydrogens is 188 g/mol. The summed E-state index contributed by atoms with van der Waals surface area (Å²) in [6.45, 7) is 1.74. The van der Waals surface area contributed by atoms with Crippen LogP contribution in [0.1, 0.15) is 13.3 Å². The second-order valence-corrected chi connectivity index (χ2v) is 2.87. The van der Waals surface area contributed by atoms with E-state index in [-0.39, 0.29) is 6.61 Å². The van der Waals surface area contributed by atoms with Gasteiger partial charge in [0.15, 0.2) is 0 Å². The molecule has 0 radical (unpaired) electrons. The lowest BCUT2D eigenvalue weighted by Crippen LogP contribution is -2.49. The highest BCUT2D eigenvalue weighted by Gasteiger charge is 2.21. The van der Waals surface area contributed by atoms with Gasteiger partial charge in [0, 0.05) is 7.11 Å². The van der Waals surface area contributed by atoms with Crippen molar-refractivity contribution in [2.45, 2.75) is 25.4 Å². The molecule has 4 N–H and O–H groups in total. The summed E-state index contributed by atoms with van der Waals surface area (Å²) >= 11 is 0. The van der Waals surface area contributed by atoms with Gasteiger partial charge in [-0.1, -0.05) is 6.92 Å². The summed E-state index contributed by atoms with van der Waals surface area (Å²) < 4.78 is 4.67. The van der Waals surface area contributed by atoms with Crippen molar-refractivity contribution >= 4 is 11.9 Å². The van der Waals surface area contributed by atoms with E-state index >= 15 is 0 Å². The van der Waals surface area contributed by atoms with Gasteiger partial charge in [0.2, 0.25) is 5.91 Å². The van der Waals surface area contributed by atoms with Crippen LogP contribution in [0.25, 0.3) is 0 Å². The van der Waals surface area contributed by atoms with Crippen LogP contribution in [-0.2, 0) is 14.3 Å². The van der Waals surface area contributed by atoms with Gasteiger partial charge in [-0.05, 0) is 6.42 Å². The van der Waals surface area contributed by atoms with Crippen molar-refractivity contribution in [1.82, 2.24) is 5.32 Å². The molecule has 2 unspecified atom stereocenters. The lowest BCUT2D eigenvalue weighted by atomic mass is 10.2. The lowest BCUT2D eigenvalue weighted by Gasteiger charge is -2.15. The van der Waals surface area contributed by atoms with E-state index in [0.717, 1.165) is 0 Å². The van der Waals surface area contributed by atoms with Gasteiger partial charge in [0.05, 0.1) is 6.61 Å². The predicted octanol–water partition coefficient (Wildman–Crippen LogP) is -1.06. The predicted molar refractivity (Wildman–Crippen MR) is 49.7 cm³/mol. The summed E-state index contributed by atoms with van der Waals surface area (Å²) in [6.07, 6.45) is 0.320. The van der Waals surface area contributed by atoms with E-state index in [1.165, 1.54) is 7.11 Å². The maximum Gasteiger partial charge on any atom is 0.326 e. The third-order valence-corrected chi connectivity index (χ3v) is 1.71. The second-order valence-electron chi connectivity index (χ2n) is 2.87. The summed E-state index contributed by atoms with van der Waals surface area (Å²) in [6, 6.07) is -1.71. The lowest BCUT2D eigenvalue weighted by molar-refractivity contribution is -0.142. The smallest absolute Gasteiger partial charge is 0.326 e. The van der Waals surface area contributed by atoms with Gasteiger partial charge in [0.25, 0.3) is 0 Å². The Labute approximate surface area is 82.4 Å². The van der Waals surface area contributed by atoms with Crippen molar-refractivity contribution in [3.8, 4) is 0 Å². The van der Waals surface area contributed by atoms with Crippen LogP contribution in [0.15, 0.2) is 0 Å². The van der Waals surface area contributed by atoms with Crippen LogP contribution >= 0.6 is 0 Å². The first-order valence-corrected chi connectivity index (χ1v) is 4.30. The van der Waals surface area contributed by atoms with E-state index in [1.54, 1.807) is 6.92 Å². The maximum atomic E-state index is 11.2. The molecule has 2 atom stereocenters. The average molecular weight is 204 g/mol. The zero-order valence-electron chi connectivity index (χ0n) is 8.32. The number of nitrogens with one attached hydrogen (secondary N) is 1. The molecule has 0 saturated heterocycles. The van der Waals surface area contributed by atoms with Crippen molar-refractivity contribution in [3.63, 3.8) is 0 Å². The number of aliphatic carboxylic acids is 1. The fourth-order valence-corrected chi connectivity index (χ4v) is 0.872. The molecular formula is C8H16N2O4. The monoisotopic (exact) mass is 204 g/mol. The summed E-state index contributed by atoms with van der Waals surface area (Å²) in [4.78, 5) is 21.8. The van der Waals surface area contributed by atoms with Gasteiger partial charge in [-0.25, -0.2) is 4.79 Å². The molecule has 0 heterocycles. The number of carbonyl (C=O) groups excluding carboxylic acids is 1. The molecule has 6 nitrogen and oxygen atoms in total. The van der Waals surface area contributed by atoms with Crippen LogP contribution < -0.4 is 11.1 Å². The number of rotatable bonds is 6. The van der Waals surface area contributed by atoms with Gasteiger partial charge >= 0.3 is 5.97 Å². The third-order valence-electron chi connectivity index (χ3n) is 1.71. The van der Waals surface area contributed by atoms with Crippen LogP contribution in [0.4, 0.5) is 0 Å². The fourth-order valence-electron chi connectivity index (χ4n) is 0.872. The van der Waals surface area contributed by atoms with Crippen LogP contribution in [0, 0.1) is 0 Å². The Balaban J connectivity index is 4.08. The Hall–Kier alpha value is -1.14. The van der Waals surface area contributed by atoms with E-state index in [4.69, 9.17) is 10.8 Å².